The molecule has 1 saturated heterocycles. The van der Waals surface area contributed by atoms with Crippen molar-refractivity contribution in [2.75, 3.05) is 13.1 Å². The van der Waals surface area contributed by atoms with Gasteiger partial charge in [-0.15, -0.1) is 0 Å². The Morgan fingerprint density at radius 1 is 1.15 bits per heavy atom. The number of rotatable bonds is 2. The Balaban J connectivity index is 1.53. The van der Waals surface area contributed by atoms with E-state index in [1.807, 2.05) is 35.2 Å². The fourth-order valence-electron chi connectivity index (χ4n) is 3.49. The lowest BCUT2D eigenvalue weighted by Gasteiger charge is -2.42. The molecule has 4 nitrogen and oxygen atoms in total. The van der Waals surface area contributed by atoms with Crippen molar-refractivity contribution in [2.45, 2.75) is 32.0 Å². The van der Waals surface area contributed by atoms with E-state index in [2.05, 4.69) is 0 Å². The van der Waals surface area contributed by atoms with Crippen molar-refractivity contribution in [3.05, 3.63) is 35.9 Å². The first-order valence-corrected chi connectivity index (χ1v) is 7.34. The summed E-state index contributed by atoms with van der Waals surface area (Å²) in [4.78, 5) is 13.9. The van der Waals surface area contributed by atoms with Crippen molar-refractivity contribution in [1.29, 1.82) is 0 Å². The molecule has 0 radical (unpaired) electrons. The van der Waals surface area contributed by atoms with Crippen LogP contribution in [0.2, 0.25) is 0 Å². The maximum atomic E-state index is 12.1. The third kappa shape index (κ3) is 3.12. The lowest BCUT2D eigenvalue weighted by Crippen LogP contribution is -2.48. The van der Waals surface area contributed by atoms with Crippen LogP contribution >= 0.6 is 0 Å². The van der Waals surface area contributed by atoms with Gasteiger partial charge in [0, 0.05) is 13.1 Å². The van der Waals surface area contributed by atoms with Gasteiger partial charge in [-0.2, -0.15) is 0 Å². The molecule has 1 aromatic carbocycles. The number of likely N-dealkylation sites (tertiary alicyclic amines) is 1. The van der Waals surface area contributed by atoms with Gasteiger partial charge in [-0.25, -0.2) is 4.79 Å². The van der Waals surface area contributed by atoms with E-state index in [0.29, 0.717) is 18.4 Å². The monoisotopic (exact) mass is 275 g/mol. The number of carbonyl (C=O) groups is 1. The normalized spacial score (nSPS) is 29.1. The van der Waals surface area contributed by atoms with Crippen LogP contribution in [-0.4, -0.2) is 35.3 Å². The molecule has 0 spiro atoms. The lowest BCUT2D eigenvalue weighted by atomic mass is 9.76. The summed E-state index contributed by atoms with van der Waals surface area (Å²) < 4.78 is 5.38. The van der Waals surface area contributed by atoms with Gasteiger partial charge in [-0.1, -0.05) is 30.3 Å². The molecule has 2 bridgehead atoms. The number of nitrogens with zero attached hydrogens (tertiary/aromatic N) is 1. The van der Waals surface area contributed by atoms with Gasteiger partial charge in [0.05, 0.1) is 6.10 Å². The predicted molar refractivity (Wildman–Crippen MR) is 75.0 cm³/mol. The molecule has 1 N–H and O–H groups in total. The fourth-order valence-corrected chi connectivity index (χ4v) is 3.49. The molecular weight excluding hydrogens is 254 g/mol. The molecule has 3 rings (SSSR count). The van der Waals surface area contributed by atoms with Crippen LogP contribution in [0.25, 0.3) is 0 Å². The highest BCUT2D eigenvalue weighted by Gasteiger charge is 2.36. The highest BCUT2D eigenvalue weighted by Crippen LogP contribution is 2.34. The van der Waals surface area contributed by atoms with Crippen LogP contribution in [0.1, 0.15) is 24.8 Å². The van der Waals surface area contributed by atoms with Crippen LogP contribution in [0, 0.1) is 11.8 Å². The number of fused-ring (bicyclic) bond motifs is 2. The third-order valence-electron chi connectivity index (χ3n) is 4.30. The Labute approximate surface area is 119 Å². The van der Waals surface area contributed by atoms with E-state index >= 15 is 0 Å². The van der Waals surface area contributed by atoms with Crippen molar-refractivity contribution in [2.24, 2.45) is 11.8 Å². The quantitative estimate of drug-likeness (QED) is 0.901. The minimum atomic E-state index is -0.222. The average Bonchev–Trinajstić information content (AvgIpc) is 2.44. The van der Waals surface area contributed by atoms with Crippen LogP contribution in [0.15, 0.2) is 30.3 Å². The zero-order valence-electron chi connectivity index (χ0n) is 11.6. The van der Waals surface area contributed by atoms with Gasteiger partial charge in [-0.05, 0) is 36.7 Å². The summed E-state index contributed by atoms with van der Waals surface area (Å²) in [6.07, 6.45) is 2.37. The van der Waals surface area contributed by atoms with Gasteiger partial charge in [0.15, 0.2) is 0 Å². The van der Waals surface area contributed by atoms with E-state index in [9.17, 15) is 9.90 Å². The molecule has 1 aromatic rings. The molecule has 2 fully saturated rings. The summed E-state index contributed by atoms with van der Waals surface area (Å²) in [5.74, 6) is 0.864. The highest BCUT2D eigenvalue weighted by molar-refractivity contribution is 5.67. The molecule has 1 amide bonds. The zero-order valence-corrected chi connectivity index (χ0v) is 11.6. The Kier molecular flexibility index (Phi) is 3.92. The molecule has 2 atom stereocenters. The van der Waals surface area contributed by atoms with E-state index in [0.717, 1.165) is 37.9 Å². The molecule has 1 aliphatic carbocycles. The number of hydrogen-bond donors (Lipinski definition) is 1. The van der Waals surface area contributed by atoms with Crippen LogP contribution < -0.4 is 0 Å². The molecule has 0 aromatic heterocycles. The second-order valence-electron chi connectivity index (χ2n) is 6.04. The minimum absolute atomic E-state index is 0.179. The molecule has 2 aliphatic rings. The molecule has 4 heteroatoms. The van der Waals surface area contributed by atoms with Gasteiger partial charge >= 0.3 is 6.09 Å². The summed E-state index contributed by atoms with van der Waals surface area (Å²) in [5.41, 5.74) is 1.01. The van der Waals surface area contributed by atoms with E-state index in [1.165, 1.54) is 0 Å². The standard InChI is InChI=1S/C16H21NO3/c18-15-7-13-6-14(8-15)10-17(9-13)16(19)20-11-12-4-2-1-3-5-12/h1-5,13-15,18H,6-11H2. The summed E-state index contributed by atoms with van der Waals surface area (Å²) in [7, 11) is 0. The summed E-state index contributed by atoms with van der Waals surface area (Å²) in [6.45, 7) is 1.77. The number of amides is 1. The molecule has 1 heterocycles. The second-order valence-corrected chi connectivity index (χ2v) is 6.04. The van der Waals surface area contributed by atoms with Crippen molar-refractivity contribution in [3.8, 4) is 0 Å². The SMILES string of the molecule is O=C(OCc1ccccc1)N1CC2CC(O)CC(C2)C1. The van der Waals surface area contributed by atoms with E-state index in [-0.39, 0.29) is 12.2 Å². The van der Waals surface area contributed by atoms with Gasteiger partial charge in [-0.3, -0.25) is 0 Å². The molecule has 1 aliphatic heterocycles. The zero-order chi connectivity index (χ0) is 13.9. The van der Waals surface area contributed by atoms with Gasteiger partial charge < -0.3 is 14.7 Å². The molecule has 108 valence electrons. The molecule has 2 unspecified atom stereocenters. The third-order valence-corrected chi connectivity index (χ3v) is 4.30. The summed E-state index contributed by atoms with van der Waals surface area (Å²) >= 11 is 0. The van der Waals surface area contributed by atoms with E-state index < -0.39 is 0 Å². The van der Waals surface area contributed by atoms with Gasteiger partial charge in [0.1, 0.15) is 6.61 Å². The Morgan fingerprint density at radius 3 is 2.45 bits per heavy atom. The number of aliphatic hydroxyl groups is 1. The first-order valence-electron chi connectivity index (χ1n) is 7.34. The highest BCUT2D eigenvalue weighted by atomic mass is 16.6. The summed E-state index contributed by atoms with van der Waals surface area (Å²) in [6, 6.07) is 9.73. The van der Waals surface area contributed by atoms with Gasteiger partial charge in [0.2, 0.25) is 0 Å². The fraction of sp³-hybridized carbons (Fsp3) is 0.562. The van der Waals surface area contributed by atoms with Crippen LogP contribution in [-0.2, 0) is 11.3 Å². The molecule has 20 heavy (non-hydrogen) atoms. The number of aliphatic hydroxyl groups excluding tert-OH is 1. The van der Waals surface area contributed by atoms with E-state index in [4.69, 9.17) is 4.74 Å². The number of hydrogen-bond acceptors (Lipinski definition) is 3. The van der Waals surface area contributed by atoms with Crippen molar-refractivity contribution in [3.63, 3.8) is 0 Å². The topological polar surface area (TPSA) is 49.8 Å². The molecular formula is C16H21NO3. The van der Waals surface area contributed by atoms with Crippen molar-refractivity contribution >= 4 is 6.09 Å². The van der Waals surface area contributed by atoms with E-state index in [1.54, 1.807) is 0 Å². The number of piperidine rings is 1. The van der Waals surface area contributed by atoms with Crippen molar-refractivity contribution in [1.82, 2.24) is 4.90 Å². The Morgan fingerprint density at radius 2 is 1.80 bits per heavy atom. The minimum Gasteiger partial charge on any atom is -0.445 e. The maximum Gasteiger partial charge on any atom is 0.410 e. The van der Waals surface area contributed by atoms with Crippen molar-refractivity contribution < 1.29 is 14.6 Å². The first-order chi connectivity index (χ1) is 9.70. The molecule has 1 saturated carbocycles. The number of ether oxygens (including phenoxy) is 1. The second kappa shape index (κ2) is 5.83. The smallest absolute Gasteiger partial charge is 0.410 e. The number of carbonyl (C=O) groups excluding carboxylic acids is 1. The van der Waals surface area contributed by atoms with Crippen LogP contribution in [0.3, 0.4) is 0 Å². The first kappa shape index (κ1) is 13.4. The average molecular weight is 275 g/mol. The number of benzene rings is 1. The Bertz CT molecular complexity index is 444. The van der Waals surface area contributed by atoms with Crippen LogP contribution in [0.4, 0.5) is 4.79 Å². The maximum absolute atomic E-state index is 12.1. The predicted octanol–water partition coefficient (Wildman–Crippen LogP) is 2.42. The van der Waals surface area contributed by atoms with Crippen LogP contribution in [0.5, 0.6) is 0 Å². The van der Waals surface area contributed by atoms with Gasteiger partial charge in [0.25, 0.3) is 0 Å². The Hall–Kier alpha value is -1.55. The largest absolute Gasteiger partial charge is 0.445 e. The summed E-state index contributed by atoms with van der Waals surface area (Å²) in [5, 5.41) is 9.76. The lowest BCUT2D eigenvalue weighted by molar-refractivity contribution is 0.00342.